The van der Waals surface area contributed by atoms with Crippen LogP contribution in [0.2, 0.25) is 5.02 Å². The largest absolute Gasteiger partial charge is 0.362 e. The number of carbonyl (C=O) groups excluding carboxylic acids is 1. The molecule has 2 unspecified atom stereocenters. The van der Waals surface area contributed by atoms with Gasteiger partial charge in [0.05, 0.1) is 11.3 Å². The van der Waals surface area contributed by atoms with E-state index in [0.29, 0.717) is 23.6 Å². The molecule has 3 aliphatic rings. The minimum atomic E-state index is 0.183. The summed E-state index contributed by atoms with van der Waals surface area (Å²) < 4.78 is 0. The fourth-order valence-electron chi connectivity index (χ4n) is 4.71. The minimum absolute atomic E-state index is 0.183. The smallest absolute Gasteiger partial charge is 0.222 e. The van der Waals surface area contributed by atoms with Crippen LogP contribution in [0.5, 0.6) is 0 Å². The number of benzene rings is 1. The minimum Gasteiger partial charge on any atom is -0.362 e. The molecule has 0 N–H and O–H groups in total. The second-order valence-corrected chi connectivity index (χ2v) is 10.9. The van der Waals surface area contributed by atoms with Gasteiger partial charge in [0.1, 0.15) is 5.84 Å². The van der Waals surface area contributed by atoms with Crippen LogP contribution < -0.4 is 0 Å². The number of carbonyl (C=O) groups is 1. The molecule has 4 rings (SSSR count). The van der Waals surface area contributed by atoms with Gasteiger partial charge in [-0.2, -0.15) is 4.99 Å². The number of thioether (sulfide) groups is 1. The monoisotopic (exact) mass is 475 g/mol. The molecular formula is C24H34ClN5OS. The van der Waals surface area contributed by atoms with Gasteiger partial charge in [0.25, 0.3) is 0 Å². The second-order valence-electron chi connectivity index (χ2n) is 9.17. The zero-order chi connectivity index (χ0) is 22.7. The average molecular weight is 476 g/mol. The normalized spacial score (nSPS) is 23.4. The Labute approximate surface area is 201 Å². The van der Waals surface area contributed by atoms with Gasteiger partial charge in [-0.05, 0) is 55.1 Å². The van der Waals surface area contributed by atoms with Gasteiger partial charge in [0.2, 0.25) is 11.9 Å². The molecule has 1 aromatic carbocycles. The molecule has 6 nitrogen and oxygen atoms in total. The van der Waals surface area contributed by atoms with Crippen molar-refractivity contribution >= 4 is 41.1 Å². The van der Waals surface area contributed by atoms with Gasteiger partial charge in [-0.1, -0.05) is 23.7 Å². The van der Waals surface area contributed by atoms with Crippen molar-refractivity contribution in [1.82, 2.24) is 14.7 Å². The Morgan fingerprint density at radius 3 is 2.56 bits per heavy atom. The lowest BCUT2D eigenvalue weighted by Crippen LogP contribution is -2.46. The first-order valence-corrected chi connectivity index (χ1v) is 13.0. The molecular weight excluding hydrogens is 442 g/mol. The highest BCUT2D eigenvalue weighted by Gasteiger charge is 2.38. The van der Waals surface area contributed by atoms with Crippen molar-refractivity contribution in [3.8, 4) is 0 Å². The van der Waals surface area contributed by atoms with Crippen molar-refractivity contribution in [2.75, 3.05) is 46.5 Å². The number of guanidine groups is 1. The SMILES string of the molecule is CN(C)C(=O)CCCN(C)C1=NC(N2CCC(c3ccc(Cl)cc3)CC2)=NC2CCSC12. The third-order valence-electron chi connectivity index (χ3n) is 6.70. The Morgan fingerprint density at radius 2 is 1.88 bits per heavy atom. The standard InChI is InChI=1S/C24H34ClN5OS/c1-28(2)21(31)5-4-13-29(3)23-22-20(12-16-32-22)26-24(27-23)30-14-10-18(11-15-30)17-6-8-19(25)9-7-17/h6-9,18,20,22H,4-5,10-16H2,1-3H3. The third-order valence-corrected chi connectivity index (χ3v) is 8.31. The Morgan fingerprint density at radius 1 is 1.16 bits per heavy atom. The molecule has 174 valence electrons. The summed E-state index contributed by atoms with van der Waals surface area (Å²) in [5.41, 5.74) is 1.38. The predicted octanol–water partition coefficient (Wildman–Crippen LogP) is 3.96. The van der Waals surface area contributed by atoms with E-state index in [1.807, 2.05) is 38.0 Å². The summed E-state index contributed by atoms with van der Waals surface area (Å²) in [6, 6.07) is 8.62. The van der Waals surface area contributed by atoms with Gasteiger partial charge in [0.15, 0.2) is 0 Å². The highest BCUT2D eigenvalue weighted by molar-refractivity contribution is 8.00. The summed E-state index contributed by atoms with van der Waals surface area (Å²) in [6.45, 7) is 2.80. The lowest BCUT2D eigenvalue weighted by atomic mass is 9.89. The molecule has 0 radical (unpaired) electrons. The third kappa shape index (κ3) is 5.42. The molecule has 0 aliphatic carbocycles. The number of likely N-dealkylation sites (tertiary alicyclic amines) is 1. The lowest BCUT2D eigenvalue weighted by Gasteiger charge is -2.37. The molecule has 1 aromatic rings. The van der Waals surface area contributed by atoms with E-state index in [2.05, 4.69) is 29.0 Å². The Bertz CT molecular complexity index is 864. The van der Waals surface area contributed by atoms with E-state index in [1.165, 1.54) is 5.56 Å². The summed E-state index contributed by atoms with van der Waals surface area (Å²) in [4.78, 5) is 28.4. The van der Waals surface area contributed by atoms with E-state index >= 15 is 0 Å². The van der Waals surface area contributed by atoms with Crippen molar-refractivity contribution in [1.29, 1.82) is 0 Å². The van der Waals surface area contributed by atoms with Crippen molar-refractivity contribution in [2.24, 2.45) is 9.98 Å². The molecule has 2 atom stereocenters. The number of rotatable bonds is 5. The van der Waals surface area contributed by atoms with E-state index in [-0.39, 0.29) is 5.91 Å². The molecule has 32 heavy (non-hydrogen) atoms. The van der Waals surface area contributed by atoms with E-state index < -0.39 is 0 Å². The first-order chi connectivity index (χ1) is 15.4. The maximum absolute atomic E-state index is 11.9. The van der Waals surface area contributed by atoms with Crippen LogP contribution in [0, 0.1) is 0 Å². The van der Waals surface area contributed by atoms with Crippen LogP contribution in [0.1, 0.15) is 43.6 Å². The molecule has 0 bridgehead atoms. The van der Waals surface area contributed by atoms with E-state index in [0.717, 1.165) is 67.9 Å². The number of aliphatic imine (C=N–C) groups is 2. The van der Waals surface area contributed by atoms with Gasteiger partial charge in [0, 0.05) is 52.2 Å². The molecule has 8 heteroatoms. The highest BCUT2D eigenvalue weighted by atomic mass is 35.5. The number of piperidine rings is 1. The maximum atomic E-state index is 11.9. The molecule has 0 spiro atoms. The average Bonchev–Trinajstić information content (AvgIpc) is 3.27. The van der Waals surface area contributed by atoms with Crippen molar-refractivity contribution < 1.29 is 4.79 Å². The van der Waals surface area contributed by atoms with E-state index in [4.69, 9.17) is 21.6 Å². The number of hydrogen-bond donors (Lipinski definition) is 0. The molecule has 2 fully saturated rings. The number of halogens is 1. The van der Waals surface area contributed by atoms with Crippen LogP contribution in [0.4, 0.5) is 0 Å². The molecule has 3 heterocycles. The van der Waals surface area contributed by atoms with Crippen molar-refractivity contribution in [3.63, 3.8) is 0 Å². The lowest BCUT2D eigenvalue weighted by molar-refractivity contribution is -0.128. The molecule has 0 saturated carbocycles. The number of fused-ring (bicyclic) bond motifs is 1. The van der Waals surface area contributed by atoms with Crippen LogP contribution >= 0.6 is 23.4 Å². The van der Waals surface area contributed by atoms with Gasteiger partial charge >= 0.3 is 0 Å². The maximum Gasteiger partial charge on any atom is 0.222 e. The van der Waals surface area contributed by atoms with Crippen molar-refractivity contribution in [2.45, 2.75) is 49.3 Å². The Kier molecular flexibility index (Phi) is 7.66. The molecule has 1 amide bonds. The first kappa shape index (κ1) is 23.4. The van der Waals surface area contributed by atoms with Gasteiger partial charge in [-0.25, -0.2) is 4.99 Å². The quantitative estimate of drug-likeness (QED) is 0.646. The van der Waals surface area contributed by atoms with Crippen molar-refractivity contribution in [3.05, 3.63) is 34.9 Å². The summed E-state index contributed by atoms with van der Waals surface area (Å²) in [6.07, 6.45) is 4.75. The van der Waals surface area contributed by atoms with Crippen LogP contribution in [0.15, 0.2) is 34.3 Å². The number of nitrogens with zero attached hydrogens (tertiary/aromatic N) is 5. The number of amides is 1. The molecule has 3 aliphatic heterocycles. The van der Waals surface area contributed by atoms with Crippen LogP contribution in [-0.2, 0) is 4.79 Å². The number of hydrogen-bond acceptors (Lipinski definition) is 6. The van der Waals surface area contributed by atoms with Gasteiger partial charge < -0.3 is 14.7 Å². The second kappa shape index (κ2) is 10.5. The predicted molar refractivity (Wildman–Crippen MR) is 135 cm³/mol. The summed E-state index contributed by atoms with van der Waals surface area (Å²) >= 11 is 8.03. The summed E-state index contributed by atoms with van der Waals surface area (Å²) in [5.74, 6) is 3.94. The van der Waals surface area contributed by atoms with Gasteiger partial charge in [-0.15, -0.1) is 11.8 Å². The fourth-order valence-corrected chi connectivity index (χ4v) is 6.27. The molecule has 0 aromatic heterocycles. The highest BCUT2D eigenvalue weighted by Crippen LogP contribution is 2.35. The zero-order valence-electron chi connectivity index (χ0n) is 19.3. The van der Waals surface area contributed by atoms with Gasteiger partial charge in [-0.3, -0.25) is 4.79 Å². The van der Waals surface area contributed by atoms with Crippen LogP contribution in [0.3, 0.4) is 0 Å². The van der Waals surface area contributed by atoms with E-state index in [1.54, 1.807) is 4.90 Å². The summed E-state index contributed by atoms with van der Waals surface area (Å²) in [7, 11) is 5.75. The summed E-state index contributed by atoms with van der Waals surface area (Å²) in [5, 5.41) is 1.14. The van der Waals surface area contributed by atoms with Crippen LogP contribution in [0.25, 0.3) is 0 Å². The molecule has 2 saturated heterocycles. The fraction of sp³-hybridized carbons (Fsp3) is 0.625. The Hall–Kier alpha value is -1.73. The zero-order valence-corrected chi connectivity index (χ0v) is 20.9. The number of amidine groups is 1. The van der Waals surface area contributed by atoms with E-state index in [9.17, 15) is 4.79 Å². The Balaban J connectivity index is 1.39. The van der Waals surface area contributed by atoms with Crippen LogP contribution in [-0.4, -0.2) is 90.2 Å². The topological polar surface area (TPSA) is 51.5 Å². The first-order valence-electron chi connectivity index (χ1n) is 11.6.